The minimum atomic E-state index is 0.436. The standard InChI is InChI=1S/C18H18ClN3O3S/c19-15-5-12-26-16(15)18-20-17(21-25-18)13-1-3-14(4-2-13)24-11-8-22-6-9-23-10-7-22/h1-5,12H,6-11H2. The lowest BCUT2D eigenvalue weighted by atomic mass is 10.2. The van der Waals surface area contributed by atoms with E-state index in [1.165, 1.54) is 11.3 Å². The molecule has 0 unspecified atom stereocenters. The van der Waals surface area contributed by atoms with Crippen LogP contribution in [0, 0.1) is 0 Å². The molecule has 0 spiro atoms. The highest BCUT2D eigenvalue weighted by Gasteiger charge is 2.15. The van der Waals surface area contributed by atoms with Crippen molar-refractivity contribution in [3.05, 3.63) is 40.7 Å². The van der Waals surface area contributed by atoms with Crippen molar-refractivity contribution >= 4 is 22.9 Å². The van der Waals surface area contributed by atoms with Gasteiger partial charge in [-0.2, -0.15) is 4.98 Å². The third kappa shape index (κ3) is 4.07. The first kappa shape index (κ1) is 17.5. The molecule has 2 aromatic heterocycles. The smallest absolute Gasteiger partial charge is 0.269 e. The third-order valence-corrected chi connectivity index (χ3v) is 5.46. The molecule has 0 N–H and O–H groups in total. The first-order valence-electron chi connectivity index (χ1n) is 8.40. The van der Waals surface area contributed by atoms with Gasteiger partial charge in [0.1, 0.15) is 17.2 Å². The highest BCUT2D eigenvalue weighted by molar-refractivity contribution is 7.14. The van der Waals surface area contributed by atoms with Gasteiger partial charge < -0.3 is 14.0 Å². The van der Waals surface area contributed by atoms with Crippen molar-refractivity contribution in [2.75, 3.05) is 39.5 Å². The van der Waals surface area contributed by atoms with Gasteiger partial charge in [0.25, 0.3) is 5.89 Å². The van der Waals surface area contributed by atoms with Gasteiger partial charge in [-0.25, -0.2) is 0 Å². The molecule has 0 amide bonds. The molecule has 0 saturated carbocycles. The Morgan fingerprint density at radius 1 is 1.15 bits per heavy atom. The Labute approximate surface area is 160 Å². The maximum Gasteiger partial charge on any atom is 0.269 e. The lowest BCUT2D eigenvalue weighted by Gasteiger charge is -2.26. The summed E-state index contributed by atoms with van der Waals surface area (Å²) in [4.78, 5) is 7.55. The van der Waals surface area contributed by atoms with E-state index in [0.717, 1.165) is 49.0 Å². The quantitative estimate of drug-likeness (QED) is 0.636. The lowest BCUT2D eigenvalue weighted by molar-refractivity contribution is 0.0322. The zero-order valence-corrected chi connectivity index (χ0v) is 15.6. The number of nitrogens with zero attached hydrogens (tertiary/aromatic N) is 3. The van der Waals surface area contributed by atoms with Crippen molar-refractivity contribution in [3.8, 4) is 27.9 Å². The molecule has 1 aromatic carbocycles. The number of morpholine rings is 1. The van der Waals surface area contributed by atoms with Crippen LogP contribution in [-0.2, 0) is 4.74 Å². The van der Waals surface area contributed by atoms with Gasteiger partial charge in [-0.15, -0.1) is 11.3 Å². The summed E-state index contributed by atoms with van der Waals surface area (Å²) in [5.74, 6) is 1.79. The molecule has 0 atom stereocenters. The number of benzene rings is 1. The Hall–Kier alpha value is -1.93. The van der Waals surface area contributed by atoms with Crippen molar-refractivity contribution in [3.63, 3.8) is 0 Å². The van der Waals surface area contributed by atoms with Gasteiger partial charge >= 0.3 is 0 Å². The van der Waals surface area contributed by atoms with Gasteiger partial charge in [0.15, 0.2) is 0 Å². The Kier molecular flexibility index (Phi) is 5.50. The number of halogens is 1. The third-order valence-electron chi connectivity index (χ3n) is 4.13. The van der Waals surface area contributed by atoms with Crippen LogP contribution in [0.25, 0.3) is 22.2 Å². The Bertz CT molecular complexity index is 844. The highest BCUT2D eigenvalue weighted by atomic mass is 35.5. The highest BCUT2D eigenvalue weighted by Crippen LogP contribution is 2.33. The second-order valence-corrected chi connectivity index (χ2v) is 7.17. The molecule has 0 radical (unpaired) electrons. The van der Waals surface area contributed by atoms with Gasteiger partial charge in [-0.1, -0.05) is 16.8 Å². The van der Waals surface area contributed by atoms with Crippen molar-refractivity contribution in [1.29, 1.82) is 0 Å². The molecule has 8 heteroatoms. The summed E-state index contributed by atoms with van der Waals surface area (Å²) < 4.78 is 16.5. The van der Waals surface area contributed by atoms with Crippen LogP contribution < -0.4 is 4.74 Å². The average Bonchev–Trinajstić information content (AvgIpc) is 3.32. The van der Waals surface area contributed by atoms with Crippen LogP contribution >= 0.6 is 22.9 Å². The fourth-order valence-corrected chi connectivity index (χ4v) is 3.75. The topological polar surface area (TPSA) is 60.6 Å². The molecule has 1 aliphatic rings. The average molecular weight is 392 g/mol. The van der Waals surface area contributed by atoms with Gasteiger partial charge in [0.05, 0.1) is 18.2 Å². The molecule has 136 valence electrons. The van der Waals surface area contributed by atoms with Crippen LogP contribution in [0.4, 0.5) is 0 Å². The van der Waals surface area contributed by atoms with Gasteiger partial charge in [0, 0.05) is 25.2 Å². The molecule has 3 aromatic rings. The lowest BCUT2D eigenvalue weighted by Crippen LogP contribution is -2.38. The van der Waals surface area contributed by atoms with Gasteiger partial charge in [-0.05, 0) is 35.7 Å². The number of thiophene rings is 1. The maximum absolute atomic E-state index is 6.11. The summed E-state index contributed by atoms with van der Waals surface area (Å²) in [5.41, 5.74) is 0.869. The van der Waals surface area contributed by atoms with Crippen LogP contribution in [0.3, 0.4) is 0 Å². The fourth-order valence-electron chi connectivity index (χ4n) is 2.70. The van der Waals surface area contributed by atoms with Crippen LogP contribution in [0.1, 0.15) is 0 Å². The summed E-state index contributed by atoms with van der Waals surface area (Å²) in [5, 5.41) is 6.55. The van der Waals surface area contributed by atoms with E-state index in [0.29, 0.717) is 23.3 Å². The molecule has 26 heavy (non-hydrogen) atoms. The zero-order valence-electron chi connectivity index (χ0n) is 14.1. The van der Waals surface area contributed by atoms with E-state index in [1.54, 1.807) is 0 Å². The summed E-state index contributed by atoms with van der Waals surface area (Å²) >= 11 is 7.59. The Morgan fingerprint density at radius 2 is 1.96 bits per heavy atom. The van der Waals surface area contributed by atoms with E-state index < -0.39 is 0 Å². The molecule has 1 fully saturated rings. The molecular formula is C18H18ClN3O3S. The van der Waals surface area contributed by atoms with Crippen LogP contribution in [0.15, 0.2) is 40.2 Å². The summed E-state index contributed by atoms with van der Waals surface area (Å²) in [6, 6.07) is 9.50. The van der Waals surface area contributed by atoms with Crippen LogP contribution in [-0.4, -0.2) is 54.5 Å². The molecule has 0 aliphatic carbocycles. The van der Waals surface area contributed by atoms with E-state index in [4.69, 9.17) is 25.6 Å². The van der Waals surface area contributed by atoms with Crippen molar-refractivity contribution in [2.24, 2.45) is 0 Å². The number of hydrogen-bond acceptors (Lipinski definition) is 7. The van der Waals surface area contributed by atoms with Crippen LogP contribution in [0.2, 0.25) is 5.02 Å². The molecule has 1 aliphatic heterocycles. The number of ether oxygens (including phenoxy) is 2. The largest absolute Gasteiger partial charge is 0.492 e. The maximum atomic E-state index is 6.11. The van der Waals surface area contributed by atoms with E-state index in [2.05, 4.69) is 15.0 Å². The monoisotopic (exact) mass is 391 g/mol. The SMILES string of the molecule is Clc1ccsc1-c1nc(-c2ccc(OCCN3CCOCC3)cc2)no1. The van der Waals surface area contributed by atoms with Crippen molar-refractivity contribution in [2.45, 2.75) is 0 Å². The molecule has 3 heterocycles. The fraction of sp³-hybridized carbons (Fsp3) is 0.333. The normalized spacial score (nSPS) is 15.3. The summed E-state index contributed by atoms with van der Waals surface area (Å²) in [6.07, 6.45) is 0. The Morgan fingerprint density at radius 3 is 2.69 bits per heavy atom. The number of aromatic nitrogens is 2. The molecule has 1 saturated heterocycles. The number of hydrogen-bond donors (Lipinski definition) is 0. The second-order valence-electron chi connectivity index (χ2n) is 5.85. The van der Waals surface area contributed by atoms with Gasteiger partial charge in [0.2, 0.25) is 5.82 Å². The first-order chi connectivity index (χ1) is 12.8. The molecule has 6 nitrogen and oxygen atoms in total. The second kappa shape index (κ2) is 8.18. The van der Waals surface area contributed by atoms with E-state index in [-0.39, 0.29) is 0 Å². The number of rotatable bonds is 6. The van der Waals surface area contributed by atoms with E-state index in [9.17, 15) is 0 Å². The first-order valence-corrected chi connectivity index (χ1v) is 9.66. The Balaban J connectivity index is 1.35. The van der Waals surface area contributed by atoms with Crippen molar-refractivity contribution < 1.29 is 14.0 Å². The molecule has 4 rings (SSSR count). The molecular weight excluding hydrogens is 374 g/mol. The van der Waals surface area contributed by atoms with Gasteiger partial charge in [-0.3, -0.25) is 4.90 Å². The predicted octanol–water partition coefficient (Wildman–Crippen LogP) is 3.83. The van der Waals surface area contributed by atoms with E-state index in [1.807, 2.05) is 35.7 Å². The van der Waals surface area contributed by atoms with E-state index >= 15 is 0 Å². The zero-order chi connectivity index (χ0) is 17.8. The molecule has 0 bridgehead atoms. The predicted molar refractivity (Wildman–Crippen MR) is 101 cm³/mol. The van der Waals surface area contributed by atoms with Crippen molar-refractivity contribution in [1.82, 2.24) is 15.0 Å². The minimum absolute atomic E-state index is 0.436. The summed E-state index contributed by atoms with van der Waals surface area (Å²) in [7, 11) is 0. The van der Waals surface area contributed by atoms with Crippen LogP contribution in [0.5, 0.6) is 5.75 Å². The minimum Gasteiger partial charge on any atom is -0.492 e. The summed E-state index contributed by atoms with van der Waals surface area (Å²) in [6.45, 7) is 5.10.